The van der Waals surface area contributed by atoms with Gasteiger partial charge in [0.05, 0.1) is 11.8 Å². The molecule has 2 heteroatoms. The van der Waals surface area contributed by atoms with Crippen molar-refractivity contribution in [1.29, 1.82) is 0 Å². The second-order valence-electron chi connectivity index (χ2n) is 3.92. The fourth-order valence-electron chi connectivity index (χ4n) is 1.69. The summed E-state index contributed by atoms with van der Waals surface area (Å²) in [6, 6.07) is 3.89. The highest BCUT2D eigenvalue weighted by molar-refractivity contribution is 5.20. The number of pyridine rings is 1. The first-order valence-electron chi connectivity index (χ1n) is 5.26. The Balaban J connectivity index is 2.78. The summed E-state index contributed by atoms with van der Waals surface area (Å²) in [4.78, 5) is 4.23. The van der Waals surface area contributed by atoms with Crippen molar-refractivity contribution in [3.05, 3.63) is 29.6 Å². The van der Waals surface area contributed by atoms with Gasteiger partial charge < -0.3 is 5.11 Å². The van der Waals surface area contributed by atoms with Crippen molar-refractivity contribution in [2.45, 2.75) is 39.7 Å². The highest BCUT2D eigenvalue weighted by Crippen LogP contribution is 2.25. The molecule has 2 nitrogen and oxygen atoms in total. The van der Waals surface area contributed by atoms with Gasteiger partial charge in [0.2, 0.25) is 0 Å². The van der Waals surface area contributed by atoms with E-state index in [1.54, 1.807) is 6.20 Å². The van der Waals surface area contributed by atoms with E-state index in [1.807, 2.05) is 19.1 Å². The number of aromatic nitrogens is 1. The second-order valence-corrected chi connectivity index (χ2v) is 3.92. The molecule has 1 N–H and O–H groups in total. The fourth-order valence-corrected chi connectivity index (χ4v) is 1.69. The van der Waals surface area contributed by atoms with Gasteiger partial charge in [-0.1, -0.05) is 26.3 Å². The van der Waals surface area contributed by atoms with E-state index < -0.39 is 6.10 Å². The maximum absolute atomic E-state index is 10.0. The fraction of sp³-hybridized carbons (Fsp3) is 0.583. The molecule has 0 spiro atoms. The molecule has 1 aromatic rings. The Hall–Kier alpha value is -0.890. The number of hydrogen-bond acceptors (Lipinski definition) is 2. The van der Waals surface area contributed by atoms with Crippen LogP contribution in [0.5, 0.6) is 0 Å². The van der Waals surface area contributed by atoms with Crippen LogP contribution < -0.4 is 0 Å². The van der Waals surface area contributed by atoms with Gasteiger partial charge >= 0.3 is 0 Å². The number of aryl methyl sites for hydroxylation is 1. The van der Waals surface area contributed by atoms with Crippen molar-refractivity contribution >= 4 is 0 Å². The van der Waals surface area contributed by atoms with Crippen LogP contribution in [0.3, 0.4) is 0 Å². The molecule has 2 atom stereocenters. The molecule has 78 valence electrons. The molecule has 1 heterocycles. The summed E-state index contributed by atoms with van der Waals surface area (Å²) >= 11 is 0. The van der Waals surface area contributed by atoms with E-state index in [0.29, 0.717) is 0 Å². The summed E-state index contributed by atoms with van der Waals surface area (Å²) in [7, 11) is 0. The first-order valence-corrected chi connectivity index (χ1v) is 5.26. The minimum absolute atomic E-state index is 0.286. The summed E-state index contributed by atoms with van der Waals surface area (Å²) in [6.07, 6.45) is 3.46. The van der Waals surface area contributed by atoms with Crippen LogP contribution in [-0.2, 0) is 0 Å². The van der Waals surface area contributed by atoms with Crippen molar-refractivity contribution in [2.24, 2.45) is 5.92 Å². The molecule has 1 aromatic heterocycles. The van der Waals surface area contributed by atoms with Crippen molar-refractivity contribution in [3.63, 3.8) is 0 Å². The molecule has 1 rings (SSSR count). The van der Waals surface area contributed by atoms with Gasteiger partial charge in [0, 0.05) is 6.20 Å². The van der Waals surface area contributed by atoms with E-state index >= 15 is 0 Å². The molecule has 0 bridgehead atoms. The van der Waals surface area contributed by atoms with Crippen LogP contribution in [0.4, 0.5) is 0 Å². The molecule has 14 heavy (non-hydrogen) atoms. The predicted molar refractivity (Wildman–Crippen MR) is 58.0 cm³/mol. The summed E-state index contributed by atoms with van der Waals surface area (Å²) in [5, 5.41) is 10.0. The molecule has 0 amide bonds. The third-order valence-electron chi connectivity index (χ3n) is 2.61. The zero-order valence-corrected chi connectivity index (χ0v) is 9.20. The topological polar surface area (TPSA) is 33.1 Å². The Morgan fingerprint density at radius 1 is 1.50 bits per heavy atom. The minimum Gasteiger partial charge on any atom is -0.387 e. The van der Waals surface area contributed by atoms with Gasteiger partial charge in [-0.05, 0) is 30.9 Å². The Labute approximate surface area is 86.0 Å². The molecule has 0 radical (unpaired) electrons. The molecule has 0 fully saturated rings. The van der Waals surface area contributed by atoms with Crippen LogP contribution >= 0.6 is 0 Å². The lowest BCUT2D eigenvalue weighted by Gasteiger charge is -2.18. The van der Waals surface area contributed by atoms with Crippen molar-refractivity contribution in [2.75, 3.05) is 0 Å². The lowest BCUT2D eigenvalue weighted by atomic mass is 9.95. The smallest absolute Gasteiger partial charge is 0.0987 e. The van der Waals surface area contributed by atoms with Crippen LogP contribution in [-0.4, -0.2) is 10.1 Å². The molecular formula is C12H19NO. The van der Waals surface area contributed by atoms with Gasteiger partial charge in [0.25, 0.3) is 0 Å². The van der Waals surface area contributed by atoms with Crippen molar-refractivity contribution < 1.29 is 5.11 Å². The van der Waals surface area contributed by atoms with Crippen molar-refractivity contribution in [3.8, 4) is 0 Å². The summed E-state index contributed by atoms with van der Waals surface area (Å²) in [5.74, 6) is 0.286. The molecule has 0 aliphatic rings. The van der Waals surface area contributed by atoms with Crippen LogP contribution in [0.25, 0.3) is 0 Å². The number of aliphatic hydroxyl groups excluding tert-OH is 1. The average molecular weight is 193 g/mol. The van der Waals surface area contributed by atoms with Crippen LogP contribution in [0, 0.1) is 12.8 Å². The zero-order chi connectivity index (χ0) is 10.6. The van der Waals surface area contributed by atoms with Gasteiger partial charge in [0.1, 0.15) is 0 Å². The van der Waals surface area contributed by atoms with Gasteiger partial charge in [0.15, 0.2) is 0 Å². The van der Waals surface area contributed by atoms with E-state index in [2.05, 4.69) is 18.8 Å². The first-order chi connectivity index (χ1) is 6.66. The first kappa shape index (κ1) is 11.2. The number of hydrogen-bond donors (Lipinski definition) is 1. The van der Waals surface area contributed by atoms with E-state index in [9.17, 15) is 5.11 Å². The quantitative estimate of drug-likeness (QED) is 0.797. The highest BCUT2D eigenvalue weighted by Gasteiger charge is 2.18. The molecule has 0 saturated carbocycles. The molecule has 0 aliphatic heterocycles. The number of aliphatic hydroxyl groups is 1. The van der Waals surface area contributed by atoms with Crippen LogP contribution in [0.1, 0.15) is 44.1 Å². The van der Waals surface area contributed by atoms with Crippen LogP contribution in [0.15, 0.2) is 18.3 Å². The standard InChI is InChI=1S/C12H19NO/c1-4-6-10(3)12(14)11-9(2)7-5-8-13-11/h5,7-8,10,12,14H,4,6H2,1-3H3. The second kappa shape index (κ2) is 5.11. The van der Waals surface area contributed by atoms with Gasteiger partial charge in [-0.25, -0.2) is 0 Å². The summed E-state index contributed by atoms with van der Waals surface area (Å²) < 4.78 is 0. The van der Waals surface area contributed by atoms with E-state index in [0.717, 1.165) is 24.1 Å². The highest BCUT2D eigenvalue weighted by atomic mass is 16.3. The molecule has 0 aromatic carbocycles. The van der Waals surface area contributed by atoms with Crippen molar-refractivity contribution in [1.82, 2.24) is 4.98 Å². The molecular weight excluding hydrogens is 174 g/mol. The Bertz CT molecular complexity index is 285. The average Bonchev–Trinajstić information content (AvgIpc) is 2.18. The SMILES string of the molecule is CCCC(C)C(O)c1ncccc1C. The van der Waals surface area contributed by atoms with Gasteiger partial charge in [-0.3, -0.25) is 4.98 Å². The number of nitrogens with zero attached hydrogens (tertiary/aromatic N) is 1. The third-order valence-corrected chi connectivity index (χ3v) is 2.61. The van der Waals surface area contributed by atoms with E-state index in [-0.39, 0.29) is 5.92 Å². The lowest BCUT2D eigenvalue weighted by Crippen LogP contribution is -2.11. The normalized spacial score (nSPS) is 15.1. The Morgan fingerprint density at radius 3 is 2.79 bits per heavy atom. The Morgan fingerprint density at radius 2 is 2.21 bits per heavy atom. The zero-order valence-electron chi connectivity index (χ0n) is 9.20. The summed E-state index contributed by atoms with van der Waals surface area (Å²) in [6.45, 7) is 6.20. The largest absolute Gasteiger partial charge is 0.387 e. The third kappa shape index (κ3) is 2.55. The number of rotatable bonds is 4. The van der Waals surface area contributed by atoms with E-state index in [1.165, 1.54) is 0 Å². The predicted octanol–water partition coefficient (Wildman–Crippen LogP) is 2.86. The van der Waals surface area contributed by atoms with Gasteiger partial charge in [-0.2, -0.15) is 0 Å². The monoisotopic (exact) mass is 193 g/mol. The lowest BCUT2D eigenvalue weighted by molar-refractivity contribution is 0.107. The van der Waals surface area contributed by atoms with E-state index in [4.69, 9.17) is 0 Å². The van der Waals surface area contributed by atoms with Gasteiger partial charge in [-0.15, -0.1) is 0 Å². The molecule has 0 aliphatic carbocycles. The molecule has 2 unspecified atom stereocenters. The maximum atomic E-state index is 10.0. The summed E-state index contributed by atoms with van der Waals surface area (Å²) in [5.41, 5.74) is 1.90. The Kier molecular flexibility index (Phi) is 4.08. The minimum atomic E-state index is -0.420. The maximum Gasteiger partial charge on any atom is 0.0987 e. The molecule has 0 saturated heterocycles. The van der Waals surface area contributed by atoms with Crippen LogP contribution in [0.2, 0.25) is 0 Å².